The molecule has 94 valence electrons. The van der Waals surface area contributed by atoms with Crippen LogP contribution in [0, 0.1) is 5.82 Å². The van der Waals surface area contributed by atoms with Gasteiger partial charge in [-0.1, -0.05) is 42.8 Å². The molecular weight excluding hydrogens is 249 g/mol. The molecule has 0 heterocycles. The fraction of sp³-hybridized carbons (Fsp3) is 0.200. The number of nitrogens with one attached hydrogen (secondary N) is 1. The summed E-state index contributed by atoms with van der Waals surface area (Å²) < 4.78 is 12.9. The highest BCUT2D eigenvalue weighted by Gasteiger charge is 2.01. The molecule has 0 bridgehead atoms. The van der Waals surface area contributed by atoms with Crippen molar-refractivity contribution in [2.45, 2.75) is 19.9 Å². The number of aryl methyl sites for hydroxylation is 1. The molecular formula is C15H15ClFN. The van der Waals surface area contributed by atoms with Gasteiger partial charge in [0, 0.05) is 6.54 Å². The van der Waals surface area contributed by atoms with Gasteiger partial charge >= 0.3 is 0 Å². The fourth-order valence-electron chi connectivity index (χ4n) is 1.72. The zero-order valence-electron chi connectivity index (χ0n) is 10.2. The van der Waals surface area contributed by atoms with Crippen molar-refractivity contribution < 1.29 is 4.39 Å². The summed E-state index contributed by atoms with van der Waals surface area (Å²) in [5.41, 5.74) is 3.24. The third-order valence-electron chi connectivity index (χ3n) is 2.85. The minimum absolute atomic E-state index is 0.321. The van der Waals surface area contributed by atoms with Gasteiger partial charge in [-0.25, -0.2) is 4.39 Å². The first-order valence-corrected chi connectivity index (χ1v) is 6.33. The number of rotatable bonds is 4. The molecule has 2 rings (SSSR count). The molecule has 0 atom stereocenters. The molecule has 1 N–H and O–H groups in total. The second-order valence-corrected chi connectivity index (χ2v) is 4.55. The van der Waals surface area contributed by atoms with Crippen LogP contribution in [0.5, 0.6) is 0 Å². The van der Waals surface area contributed by atoms with E-state index < -0.39 is 0 Å². The van der Waals surface area contributed by atoms with E-state index in [2.05, 4.69) is 36.5 Å². The fourth-order valence-corrected chi connectivity index (χ4v) is 1.96. The van der Waals surface area contributed by atoms with Gasteiger partial charge in [0.05, 0.1) is 10.7 Å². The monoisotopic (exact) mass is 263 g/mol. The van der Waals surface area contributed by atoms with Crippen molar-refractivity contribution in [3.63, 3.8) is 0 Å². The topological polar surface area (TPSA) is 12.0 Å². The van der Waals surface area contributed by atoms with Crippen LogP contribution in [-0.4, -0.2) is 0 Å². The maximum Gasteiger partial charge on any atom is 0.124 e. The Labute approximate surface area is 112 Å². The van der Waals surface area contributed by atoms with Gasteiger partial charge in [0.15, 0.2) is 0 Å². The van der Waals surface area contributed by atoms with Crippen molar-refractivity contribution in [1.82, 2.24) is 0 Å². The van der Waals surface area contributed by atoms with E-state index in [0.29, 0.717) is 11.6 Å². The molecule has 2 aromatic rings. The zero-order chi connectivity index (χ0) is 13.0. The SMILES string of the molecule is CCc1ccc(CNc2ccc(F)cc2Cl)cc1. The van der Waals surface area contributed by atoms with E-state index in [4.69, 9.17) is 11.6 Å². The minimum atomic E-state index is -0.321. The lowest BCUT2D eigenvalue weighted by Crippen LogP contribution is -2.00. The Kier molecular flexibility index (Phi) is 4.21. The van der Waals surface area contributed by atoms with E-state index in [1.54, 1.807) is 6.07 Å². The second kappa shape index (κ2) is 5.87. The Balaban J connectivity index is 2.02. The van der Waals surface area contributed by atoms with Crippen LogP contribution in [0.25, 0.3) is 0 Å². The molecule has 0 aliphatic heterocycles. The Morgan fingerprint density at radius 3 is 2.33 bits per heavy atom. The van der Waals surface area contributed by atoms with Crippen LogP contribution in [-0.2, 0) is 13.0 Å². The summed E-state index contributed by atoms with van der Waals surface area (Å²) in [7, 11) is 0. The Bertz CT molecular complexity index is 523. The number of hydrogen-bond acceptors (Lipinski definition) is 1. The van der Waals surface area contributed by atoms with E-state index in [1.807, 2.05) is 0 Å². The number of anilines is 1. The Hall–Kier alpha value is -1.54. The molecule has 0 unspecified atom stereocenters. The molecule has 0 aromatic heterocycles. The maximum absolute atomic E-state index is 12.9. The van der Waals surface area contributed by atoms with Crippen molar-refractivity contribution in [2.24, 2.45) is 0 Å². The van der Waals surface area contributed by atoms with Crippen molar-refractivity contribution in [3.05, 3.63) is 64.4 Å². The van der Waals surface area contributed by atoms with E-state index in [1.165, 1.54) is 23.3 Å². The summed E-state index contributed by atoms with van der Waals surface area (Å²) in [4.78, 5) is 0. The van der Waals surface area contributed by atoms with Gasteiger partial charge in [-0.2, -0.15) is 0 Å². The van der Waals surface area contributed by atoms with E-state index >= 15 is 0 Å². The quantitative estimate of drug-likeness (QED) is 0.846. The summed E-state index contributed by atoms with van der Waals surface area (Å²) in [6.07, 6.45) is 1.04. The first-order valence-electron chi connectivity index (χ1n) is 5.96. The molecule has 0 aliphatic rings. The van der Waals surface area contributed by atoms with Crippen LogP contribution in [0.15, 0.2) is 42.5 Å². The smallest absolute Gasteiger partial charge is 0.124 e. The van der Waals surface area contributed by atoms with Gasteiger partial charge in [-0.15, -0.1) is 0 Å². The van der Waals surface area contributed by atoms with Gasteiger partial charge in [-0.3, -0.25) is 0 Å². The number of benzene rings is 2. The van der Waals surface area contributed by atoms with Gasteiger partial charge in [-0.05, 0) is 35.7 Å². The van der Waals surface area contributed by atoms with E-state index in [9.17, 15) is 4.39 Å². The lowest BCUT2D eigenvalue weighted by molar-refractivity contribution is 0.628. The van der Waals surface area contributed by atoms with Crippen LogP contribution in [0.1, 0.15) is 18.1 Å². The molecule has 0 aliphatic carbocycles. The summed E-state index contributed by atoms with van der Waals surface area (Å²) in [5, 5.41) is 3.60. The van der Waals surface area contributed by atoms with Crippen molar-refractivity contribution >= 4 is 17.3 Å². The van der Waals surface area contributed by atoms with Crippen LogP contribution in [0.2, 0.25) is 5.02 Å². The minimum Gasteiger partial charge on any atom is -0.380 e. The van der Waals surface area contributed by atoms with Crippen LogP contribution in [0.3, 0.4) is 0 Å². The molecule has 18 heavy (non-hydrogen) atoms. The third kappa shape index (κ3) is 3.23. The molecule has 0 saturated carbocycles. The van der Waals surface area contributed by atoms with Crippen molar-refractivity contribution in [3.8, 4) is 0 Å². The Morgan fingerprint density at radius 2 is 1.72 bits per heavy atom. The molecule has 3 heteroatoms. The second-order valence-electron chi connectivity index (χ2n) is 4.15. The van der Waals surface area contributed by atoms with Crippen molar-refractivity contribution in [1.29, 1.82) is 0 Å². The van der Waals surface area contributed by atoms with Gasteiger partial charge in [0.25, 0.3) is 0 Å². The standard InChI is InChI=1S/C15H15ClFN/c1-2-11-3-5-12(6-4-11)10-18-15-8-7-13(17)9-14(15)16/h3-9,18H,2,10H2,1H3. The average Bonchev–Trinajstić information content (AvgIpc) is 2.38. The molecule has 0 spiro atoms. The molecule has 0 radical (unpaired) electrons. The molecule has 0 fully saturated rings. The van der Waals surface area contributed by atoms with Crippen LogP contribution < -0.4 is 5.32 Å². The van der Waals surface area contributed by atoms with Crippen LogP contribution >= 0.6 is 11.6 Å². The highest BCUT2D eigenvalue weighted by Crippen LogP contribution is 2.23. The van der Waals surface area contributed by atoms with Crippen molar-refractivity contribution in [2.75, 3.05) is 5.32 Å². The maximum atomic E-state index is 12.9. The molecule has 0 amide bonds. The Morgan fingerprint density at radius 1 is 1.06 bits per heavy atom. The predicted molar refractivity (Wildman–Crippen MR) is 74.6 cm³/mol. The molecule has 0 saturated heterocycles. The van der Waals surface area contributed by atoms with Gasteiger partial charge in [0.1, 0.15) is 5.82 Å². The highest BCUT2D eigenvalue weighted by atomic mass is 35.5. The largest absolute Gasteiger partial charge is 0.380 e. The zero-order valence-corrected chi connectivity index (χ0v) is 11.0. The average molecular weight is 264 g/mol. The predicted octanol–water partition coefficient (Wildman–Crippen LogP) is 4.65. The third-order valence-corrected chi connectivity index (χ3v) is 3.16. The summed E-state index contributed by atoms with van der Waals surface area (Å²) in [6, 6.07) is 12.8. The highest BCUT2D eigenvalue weighted by molar-refractivity contribution is 6.33. The van der Waals surface area contributed by atoms with Crippen LogP contribution in [0.4, 0.5) is 10.1 Å². The first-order chi connectivity index (χ1) is 8.69. The summed E-state index contributed by atoms with van der Waals surface area (Å²) >= 11 is 5.94. The molecule has 2 aromatic carbocycles. The van der Waals surface area contributed by atoms with Gasteiger partial charge < -0.3 is 5.32 Å². The van der Waals surface area contributed by atoms with E-state index in [0.717, 1.165) is 12.1 Å². The van der Waals surface area contributed by atoms with Gasteiger partial charge in [0.2, 0.25) is 0 Å². The lowest BCUT2D eigenvalue weighted by atomic mass is 10.1. The van der Waals surface area contributed by atoms with E-state index in [-0.39, 0.29) is 5.82 Å². The summed E-state index contributed by atoms with van der Waals surface area (Å²) in [6.45, 7) is 2.81. The normalized spacial score (nSPS) is 10.4. The first kappa shape index (κ1) is 12.9. The summed E-state index contributed by atoms with van der Waals surface area (Å²) in [5.74, 6) is -0.321. The number of halogens is 2. The number of hydrogen-bond donors (Lipinski definition) is 1. The molecule has 1 nitrogen and oxygen atoms in total. The lowest BCUT2D eigenvalue weighted by Gasteiger charge is -2.09.